The number of benzene rings is 2. The fourth-order valence-corrected chi connectivity index (χ4v) is 6.19. The summed E-state index contributed by atoms with van der Waals surface area (Å²) < 4.78 is 14.1. The van der Waals surface area contributed by atoms with Gasteiger partial charge in [0, 0.05) is 36.0 Å². The lowest BCUT2D eigenvalue weighted by molar-refractivity contribution is 0.0987. The number of aromatic nitrogens is 3. The lowest BCUT2D eigenvalue weighted by Crippen LogP contribution is -2.36. The zero-order chi connectivity index (χ0) is 27.6. The summed E-state index contributed by atoms with van der Waals surface area (Å²) in [4.78, 5) is 29.1. The third kappa shape index (κ3) is 3.73. The van der Waals surface area contributed by atoms with Crippen molar-refractivity contribution >= 4 is 34.8 Å². The van der Waals surface area contributed by atoms with Gasteiger partial charge in [-0.1, -0.05) is 55.2 Å². The lowest BCUT2D eigenvalue weighted by Gasteiger charge is -2.36. The first-order valence-corrected chi connectivity index (χ1v) is 13.4. The number of carbonyl (C=O) groups excluding carboxylic acids is 1. The van der Waals surface area contributed by atoms with Crippen LogP contribution in [-0.2, 0) is 11.3 Å². The highest BCUT2D eigenvalue weighted by molar-refractivity contribution is 6.35. The first-order valence-electron chi connectivity index (χ1n) is 12.6. The Hall–Kier alpha value is -3.59. The molecule has 10 heteroatoms. The van der Waals surface area contributed by atoms with Crippen molar-refractivity contribution in [3.05, 3.63) is 91.6 Å². The summed E-state index contributed by atoms with van der Waals surface area (Å²) in [6, 6.07) is 12.6. The number of methoxy groups -OCH3 is 2. The van der Waals surface area contributed by atoms with Gasteiger partial charge in [0.25, 0.3) is 11.5 Å². The van der Waals surface area contributed by atoms with Gasteiger partial charge in [-0.25, -0.2) is 4.68 Å². The number of nitrogens with zero attached hydrogens (tertiary/aromatic N) is 4. The molecule has 0 aliphatic carbocycles. The van der Waals surface area contributed by atoms with Crippen molar-refractivity contribution in [3.8, 4) is 22.6 Å². The van der Waals surface area contributed by atoms with E-state index in [0.29, 0.717) is 40.9 Å². The monoisotopic (exact) mass is 564 g/mol. The molecule has 2 aliphatic heterocycles. The van der Waals surface area contributed by atoms with E-state index in [1.807, 2.05) is 35.0 Å². The molecule has 39 heavy (non-hydrogen) atoms. The van der Waals surface area contributed by atoms with Crippen LogP contribution in [0.5, 0.6) is 5.75 Å². The summed E-state index contributed by atoms with van der Waals surface area (Å²) in [5.41, 5.74) is 5.06. The number of rotatable bonds is 6. The summed E-state index contributed by atoms with van der Waals surface area (Å²) in [6.45, 7) is 4.77. The predicted molar refractivity (Wildman–Crippen MR) is 151 cm³/mol. The number of halogens is 2. The number of fused-ring (bicyclic) bond motifs is 8. The van der Waals surface area contributed by atoms with Crippen LogP contribution in [0, 0.1) is 0 Å². The van der Waals surface area contributed by atoms with Gasteiger partial charge < -0.3 is 14.0 Å². The summed E-state index contributed by atoms with van der Waals surface area (Å²) in [7, 11) is 3.18. The maximum atomic E-state index is 14.2. The molecule has 0 saturated carbocycles. The molecule has 4 heterocycles. The van der Waals surface area contributed by atoms with Gasteiger partial charge in [0.1, 0.15) is 16.5 Å². The van der Waals surface area contributed by atoms with Crippen molar-refractivity contribution in [2.24, 2.45) is 0 Å². The highest BCUT2D eigenvalue weighted by Crippen LogP contribution is 2.55. The van der Waals surface area contributed by atoms with Gasteiger partial charge in [0.2, 0.25) is 0 Å². The molecule has 1 amide bonds. The fraction of sp³-hybridized carbons (Fsp3) is 0.276. The Labute approximate surface area is 235 Å². The van der Waals surface area contributed by atoms with Gasteiger partial charge >= 0.3 is 0 Å². The zero-order valence-electron chi connectivity index (χ0n) is 21.9. The summed E-state index contributed by atoms with van der Waals surface area (Å²) in [6.07, 6.45) is 1.69. The van der Waals surface area contributed by atoms with E-state index in [2.05, 4.69) is 13.8 Å². The molecular formula is C29H26Cl2N4O4. The van der Waals surface area contributed by atoms with E-state index in [4.69, 9.17) is 37.8 Å². The average Bonchev–Trinajstić information content (AvgIpc) is 3.45. The van der Waals surface area contributed by atoms with Gasteiger partial charge in [0.05, 0.1) is 31.1 Å². The highest BCUT2D eigenvalue weighted by Gasteiger charge is 2.49. The van der Waals surface area contributed by atoms with E-state index < -0.39 is 6.04 Å². The molecular weight excluding hydrogens is 539 g/mol. The Bertz CT molecular complexity index is 1710. The van der Waals surface area contributed by atoms with Crippen LogP contribution in [0.15, 0.2) is 53.5 Å². The predicted octanol–water partition coefficient (Wildman–Crippen LogP) is 5.85. The molecule has 200 valence electrons. The van der Waals surface area contributed by atoms with E-state index in [0.717, 1.165) is 28.1 Å². The van der Waals surface area contributed by atoms with Crippen LogP contribution in [0.3, 0.4) is 0 Å². The van der Waals surface area contributed by atoms with Gasteiger partial charge in [-0.05, 0) is 41.3 Å². The third-order valence-electron chi connectivity index (χ3n) is 7.35. The third-order valence-corrected chi connectivity index (χ3v) is 7.94. The van der Waals surface area contributed by atoms with Crippen LogP contribution < -0.4 is 15.2 Å². The minimum absolute atomic E-state index is 0.0234. The SMILES string of the molecule is COCCn1cc2c(c(Cl)c1=O)-c1cc(Cl)ccc1C1c3c(nn(-c4ccccc4OC)c3C(C)C)C(=O)N21. The quantitative estimate of drug-likeness (QED) is 0.293. The summed E-state index contributed by atoms with van der Waals surface area (Å²) in [5.74, 6) is 0.413. The molecule has 0 bridgehead atoms. The van der Waals surface area contributed by atoms with Gasteiger partial charge in [0.15, 0.2) is 5.69 Å². The lowest BCUT2D eigenvalue weighted by atomic mass is 9.86. The second kappa shape index (κ2) is 9.55. The normalized spacial score (nSPS) is 15.3. The van der Waals surface area contributed by atoms with Crippen molar-refractivity contribution in [1.82, 2.24) is 14.3 Å². The minimum atomic E-state index is -0.474. The Morgan fingerprint density at radius 3 is 2.54 bits per heavy atom. The molecule has 0 radical (unpaired) electrons. The molecule has 2 aromatic carbocycles. The minimum Gasteiger partial charge on any atom is -0.494 e. The standard InChI is InChI=1S/C29H26Cl2N4O4/c1-15(2)26-23-25(32-35(26)19-7-5-6-8-21(19)39-4)29(37)34-20-14-33(11-12-38-3)28(36)24(31)22(20)18-13-16(30)9-10-17(18)27(23)34/h5-10,13-15,27H,11-12H2,1-4H3. The Kier molecular flexibility index (Phi) is 6.29. The second-order valence-corrected chi connectivity index (χ2v) is 10.7. The van der Waals surface area contributed by atoms with Crippen LogP contribution in [-0.4, -0.2) is 41.1 Å². The maximum Gasteiger partial charge on any atom is 0.280 e. The molecule has 1 unspecified atom stereocenters. The molecule has 0 fully saturated rings. The molecule has 0 saturated heterocycles. The topological polar surface area (TPSA) is 78.6 Å². The summed E-state index contributed by atoms with van der Waals surface area (Å²) >= 11 is 13.2. The number of carbonyl (C=O) groups is 1. The van der Waals surface area contributed by atoms with Crippen molar-refractivity contribution in [1.29, 1.82) is 0 Å². The van der Waals surface area contributed by atoms with Crippen LogP contribution in [0.25, 0.3) is 16.8 Å². The number of para-hydroxylation sites is 2. The number of hydrogen-bond donors (Lipinski definition) is 0. The van der Waals surface area contributed by atoms with E-state index >= 15 is 0 Å². The van der Waals surface area contributed by atoms with Crippen molar-refractivity contribution in [2.75, 3.05) is 25.7 Å². The Balaban J connectivity index is 1.66. The van der Waals surface area contributed by atoms with E-state index in [-0.39, 0.29) is 22.4 Å². The zero-order valence-corrected chi connectivity index (χ0v) is 23.4. The maximum absolute atomic E-state index is 14.2. The molecule has 4 aromatic rings. The van der Waals surface area contributed by atoms with E-state index in [1.165, 1.54) is 4.57 Å². The van der Waals surface area contributed by atoms with E-state index in [9.17, 15) is 9.59 Å². The fourth-order valence-electron chi connectivity index (χ4n) is 5.71. The van der Waals surface area contributed by atoms with Crippen LogP contribution >= 0.6 is 23.2 Å². The number of pyridine rings is 1. The first-order chi connectivity index (χ1) is 18.8. The van der Waals surface area contributed by atoms with Crippen molar-refractivity contribution in [3.63, 3.8) is 0 Å². The van der Waals surface area contributed by atoms with Gasteiger partial charge in [-0.15, -0.1) is 0 Å². The van der Waals surface area contributed by atoms with Crippen LogP contribution in [0.1, 0.15) is 53.1 Å². The van der Waals surface area contributed by atoms with Crippen LogP contribution in [0.2, 0.25) is 10.0 Å². The van der Waals surface area contributed by atoms with Gasteiger partial charge in [-0.3, -0.25) is 14.5 Å². The number of amides is 1. The number of hydrogen-bond acceptors (Lipinski definition) is 5. The average molecular weight is 565 g/mol. The second-order valence-electron chi connectivity index (χ2n) is 9.89. The molecule has 2 aliphatic rings. The highest BCUT2D eigenvalue weighted by atomic mass is 35.5. The molecule has 6 rings (SSSR count). The Morgan fingerprint density at radius 2 is 1.82 bits per heavy atom. The first kappa shape index (κ1) is 25.7. The van der Waals surface area contributed by atoms with E-state index in [1.54, 1.807) is 37.4 Å². The molecule has 0 spiro atoms. The molecule has 8 nitrogen and oxygen atoms in total. The van der Waals surface area contributed by atoms with Crippen LogP contribution in [0.4, 0.5) is 5.69 Å². The number of anilines is 1. The largest absolute Gasteiger partial charge is 0.494 e. The van der Waals surface area contributed by atoms with Gasteiger partial charge in [-0.2, -0.15) is 5.10 Å². The molecule has 2 aromatic heterocycles. The summed E-state index contributed by atoms with van der Waals surface area (Å²) in [5, 5.41) is 5.41. The molecule has 0 N–H and O–H groups in total. The number of ether oxygens (including phenoxy) is 2. The smallest absolute Gasteiger partial charge is 0.280 e. The molecule has 1 atom stereocenters. The Morgan fingerprint density at radius 1 is 1.05 bits per heavy atom. The van der Waals surface area contributed by atoms with Crippen molar-refractivity contribution < 1.29 is 14.3 Å². The van der Waals surface area contributed by atoms with Crippen molar-refractivity contribution in [2.45, 2.75) is 32.4 Å².